The van der Waals surface area contributed by atoms with Gasteiger partial charge in [-0.2, -0.15) is 0 Å². The molecule has 2 rings (SSSR count). The first-order valence-electron chi connectivity index (χ1n) is 10.8. The van der Waals surface area contributed by atoms with Crippen LogP contribution in [0.5, 0.6) is 0 Å². The minimum absolute atomic E-state index is 0.264. The van der Waals surface area contributed by atoms with Crippen LogP contribution in [0.1, 0.15) is 49.7 Å². The van der Waals surface area contributed by atoms with E-state index in [4.69, 9.17) is 4.74 Å². The van der Waals surface area contributed by atoms with Gasteiger partial charge < -0.3 is 10.1 Å². The van der Waals surface area contributed by atoms with Gasteiger partial charge in [-0.3, -0.25) is 4.99 Å². The van der Waals surface area contributed by atoms with Gasteiger partial charge in [0.15, 0.2) is 5.69 Å². The van der Waals surface area contributed by atoms with Crippen molar-refractivity contribution in [1.82, 2.24) is 10.3 Å². The normalized spacial score (nSPS) is 13.4. The van der Waals surface area contributed by atoms with Crippen LogP contribution in [-0.4, -0.2) is 30.3 Å². The maximum atomic E-state index is 12.2. The molecule has 0 aliphatic carbocycles. The summed E-state index contributed by atoms with van der Waals surface area (Å²) < 4.78 is 5.12. The number of pyridine rings is 1. The summed E-state index contributed by atoms with van der Waals surface area (Å²) in [6.45, 7) is 13.1. The Balaban J connectivity index is 2.25. The lowest BCUT2D eigenvalue weighted by Gasteiger charge is -2.09. The third-order valence-electron chi connectivity index (χ3n) is 4.76. The molecule has 0 saturated heterocycles. The van der Waals surface area contributed by atoms with Crippen molar-refractivity contribution in [3.8, 4) is 0 Å². The van der Waals surface area contributed by atoms with Crippen LogP contribution in [0.4, 0.5) is 5.69 Å². The summed E-state index contributed by atoms with van der Waals surface area (Å²) in [5.74, 6) is -0.00234. The number of rotatable bonds is 10. The summed E-state index contributed by atoms with van der Waals surface area (Å²) >= 11 is 0. The molecule has 5 nitrogen and oxygen atoms in total. The van der Waals surface area contributed by atoms with E-state index in [1.165, 1.54) is 5.56 Å². The Morgan fingerprint density at radius 1 is 1.26 bits per heavy atom. The predicted molar refractivity (Wildman–Crippen MR) is 129 cm³/mol. The minimum Gasteiger partial charge on any atom is -0.461 e. The first-order valence-corrected chi connectivity index (χ1v) is 10.8. The average molecular weight is 420 g/mol. The number of aryl methyl sites for hydroxylation is 1. The van der Waals surface area contributed by atoms with E-state index in [1.807, 2.05) is 18.3 Å². The minimum atomic E-state index is -0.450. The second-order valence-corrected chi connectivity index (χ2v) is 7.58. The van der Waals surface area contributed by atoms with Crippen LogP contribution in [0, 0.1) is 12.8 Å². The fraction of sp³-hybridized carbons (Fsp3) is 0.346. The summed E-state index contributed by atoms with van der Waals surface area (Å²) in [6.07, 6.45) is 9.73. The maximum absolute atomic E-state index is 12.2. The Kier molecular flexibility index (Phi) is 9.69. The third-order valence-corrected chi connectivity index (χ3v) is 4.76. The second-order valence-electron chi connectivity index (χ2n) is 7.58. The highest BCUT2D eigenvalue weighted by atomic mass is 16.5. The molecule has 0 saturated carbocycles. The van der Waals surface area contributed by atoms with Crippen molar-refractivity contribution in [2.24, 2.45) is 10.9 Å². The van der Waals surface area contributed by atoms with E-state index < -0.39 is 5.97 Å². The molecule has 0 radical (unpaired) electrons. The van der Waals surface area contributed by atoms with Crippen molar-refractivity contribution in [1.29, 1.82) is 0 Å². The van der Waals surface area contributed by atoms with Crippen LogP contribution >= 0.6 is 0 Å². The summed E-state index contributed by atoms with van der Waals surface area (Å²) in [4.78, 5) is 21.0. The topological polar surface area (TPSA) is 63.6 Å². The lowest BCUT2D eigenvalue weighted by atomic mass is 10.0. The van der Waals surface area contributed by atoms with E-state index in [2.05, 4.69) is 60.9 Å². The number of esters is 1. The summed E-state index contributed by atoms with van der Waals surface area (Å²) in [5, 5.41) is 4.65. The molecule has 1 N–H and O–H groups in total. The lowest BCUT2D eigenvalue weighted by Crippen LogP contribution is -2.34. The highest BCUT2D eigenvalue weighted by molar-refractivity contribution is 5.87. The largest absolute Gasteiger partial charge is 0.461 e. The van der Waals surface area contributed by atoms with Crippen LogP contribution in [0.3, 0.4) is 0 Å². The van der Waals surface area contributed by atoms with Crippen molar-refractivity contribution in [2.75, 3.05) is 13.2 Å². The fourth-order valence-corrected chi connectivity index (χ4v) is 3.15. The van der Waals surface area contributed by atoms with Gasteiger partial charge in [0.05, 0.1) is 12.3 Å². The smallest absolute Gasteiger partial charge is 0.357 e. The molecular weight excluding hydrogens is 386 g/mol. The number of hydrogen-bond donors (Lipinski definition) is 1. The predicted octanol–water partition coefficient (Wildman–Crippen LogP) is 4.07. The zero-order valence-corrected chi connectivity index (χ0v) is 19.0. The van der Waals surface area contributed by atoms with Gasteiger partial charge in [0.25, 0.3) is 0 Å². The van der Waals surface area contributed by atoms with Crippen molar-refractivity contribution in [3.05, 3.63) is 69.9 Å². The molecule has 1 atom stereocenters. The SMILES string of the molecule is C=c1ccnc(C(=O)OCC)/c1=C/NC/C(C=Nc1ccc(C)cc1)=C/C(C)CCC. The number of aliphatic imine (C=N–C) groups is 1. The van der Waals surface area contributed by atoms with Gasteiger partial charge in [0.2, 0.25) is 0 Å². The van der Waals surface area contributed by atoms with Gasteiger partial charge in [-0.15, -0.1) is 0 Å². The highest BCUT2D eigenvalue weighted by Crippen LogP contribution is 2.14. The van der Waals surface area contributed by atoms with Crippen LogP contribution in [0.2, 0.25) is 0 Å². The van der Waals surface area contributed by atoms with Crippen molar-refractivity contribution in [3.63, 3.8) is 0 Å². The zero-order chi connectivity index (χ0) is 22.6. The summed E-state index contributed by atoms with van der Waals surface area (Å²) in [5.41, 5.74) is 3.46. The Morgan fingerprint density at radius 3 is 2.68 bits per heavy atom. The standard InChI is InChI=1S/C26H33N3O2/c1-6-8-20(4)15-22(17-29-23-11-9-19(3)10-12-23)16-27-18-24-21(5)13-14-28-25(24)26(30)31-7-2/h9-15,17-18,20,27H,5-8,16H2,1-4H3/b22-15-,24-18+,29-17?. The van der Waals surface area contributed by atoms with E-state index >= 15 is 0 Å². The molecular formula is C26H33N3O2. The van der Waals surface area contributed by atoms with Crippen LogP contribution in [0.25, 0.3) is 12.8 Å². The number of hydrogen-bond acceptors (Lipinski definition) is 5. The molecule has 164 valence electrons. The molecule has 0 aliphatic heterocycles. The first-order chi connectivity index (χ1) is 14.9. The lowest BCUT2D eigenvalue weighted by molar-refractivity contribution is 0.0518. The van der Waals surface area contributed by atoms with Gasteiger partial charge in [-0.25, -0.2) is 9.78 Å². The van der Waals surface area contributed by atoms with Gasteiger partial charge >= 0.3 is 5.97 Å². The van der Waals surface area contributed by atoms with Crippen molar-refractivity contribution < 1.29 is 9.53 Å². The Morgan fingerprint density at radius 2 is 2.00 bits per heavy atom. The quantitative estimate of drug-likeness (QED) is 0.466. The number of carbonyl (C=O) groups excluding carboxylic acids is 1. The van der Waals surface area contributed by atoms with E-state index in [1.54, 1.807) is 25.4 Å². The number of nitrogens with one attached hydrogen (secondary N) is 1. The molecule has 1 aromatic heterocycles. The second kappa shape index (κ2) is 12.5. The number of allylic oxidation sites excluding steroid dienone is 1. The molecule has 31 heavy (non-hydrogen) atoms. The molecule has 1 aromatic carbocycles. The van der Waals surface area contributed by atoms with Gasteiger partial charge in [-0.05, 0) is 55.2 Å². The molecule has 5 heteroatoms. The Labute approximate surface area is 185 Å². The van der Waals surface area contributed by atoms with E-state index in [0.29, 0.717) is 29.5 Å². The highest BCUT2D eigenvalue weighted by Gasteiger charge is 2.10. The van der Waals surface area contributed by atoms with Crippen LogP contribution in [0.15, 0.2) is 53.2 Å². The average Bonchev–Trinajstić information content (AvgIpc) is 2.74. The summed E-state index contributed by atoms with van der Waals surface area (Å²) in [7, 11) is 0. The van der Waals surface area contributed by atoms with Crippen molar-refractivity contribution >= 4 is 30.7 Å². The number of ether oxygens (including phenoxy) is 1. The van der Waals surface area contributed by atoms with Gasteiger partial charge in [0, 0.05) is 30.4 Å². The molecule has 0 spiro atoms. The van der Waals surface area contributed by atoms with Crippen LogP contribution in [-0.2, 0) is 4.74 Å². The number of nitrogens with zero attached hydrogens (tertiary/aromatic N) is 2. The van der Waals surface area contributed by atoms with E-state index in [-0.39, 0.29) is 5.69 Å². The Hall–Kier alpha value is -3.21. The van der Waals surface area contributed by atoms with E-state index in [0.717, 1.165) is 24.1 Å². The summed E-state index contributed by atoms with van der Waals surface area (Å²) in [6, 6.07) is 9.90. The third kappa shape index (κ3) is 7.85. The number of aromatic nitrogens is 1. The number of carbonyl (C=O) groups is 1. The maximum Gasteiger partial charge on any atom is 0.357 e. The van der Waals surface area contributed by atoms with Crippen LogP contribution < -0.4 is 15.8 Å². The molecule has 1 unspecified atom stereocenters. The van der Waals surface area contributed by atoms with Gasteiger partial charge in [0.1, 0.15) is 0 Å². The molecule has 0 bridgehead atoms. The van der Waals surface area contributed by atoms with E-state index in [9.17, 15) is 4.79 Å². The molecule has 0 amide bonds. The van der Waals surface area contributed by atoms with Gasteiger partial charge in [-0.1, -0.05) is 50.6 Å². The van der Waals surface area contributed by atoms with Crippen molar-refractivity contribution in [2.45, 2.75) is 40.5 Å². The first kappa shape index (κ1) is 24.1. The Bertz CT molecular complexity index is 1020. The molecule has 2 aromatic rings. The molecule has 0 aliphatic rings. The zero-order valence-electron chi connectivity index (χ0n) is 19.0. The molecule has 0 fully saturated rings. The monoisotopic (exact) mass is 419 g/mol. The fourth-order valence-electron chi connectivity index (χ4n) is 3.15. The number of benzene rings is 1. The molecule has 1 heterocycles.